The average molecular weight is 121 g/mol. The third-order valence-corrected chi connectivity index (χ3v) is 1.45. The van der Waals surface area contributed by atoms with Crippen molar-refractivity contribution in [2.45, 2.75) is 0 Å². The molecule has 0 radical (unpaired) electrons. The second-order valence-electron chi connectivity index (χ2n) is 1.08. The minimum absolute atomic E-state index is 0.524. The van der Waals surface area contributed by atoms with Crippen LogP contribution in [0.2, 0.25) is 0 Å². The van der Waals surface area contributed by atoms with Gasteiger partial charge in [-0.2, -0.15) is 0 Å². The van der Waals surface area contributed by atoms with Crippen molar-refractivity contribution in [2.75, 3.05) is 13.3 Å². The van der Waals surface area contributed by atoms with Crippen LogP contribution in [0, 0.1) is 0 Å². The Kier molecular flexibility index (Phi) is 2.59. The lowest BCUT2D eigenvalue weighted by atomic mass is 11.2. The topological polar surface area (TPSA) is 37.4 Å². The van der Waals surface area contributed by atoms with Gasteiger partial charge in [0.2, 0.25) is 6.41 Å². The van der Waals surface area contributed by atoms with E-state index < -0.39 is 11.0 Å². The van der Waals surface area contributed by atoms with E-state index in [1.807, 2.05) is 0 Å². The summed E-state index contributed by atoms with van der Waals surface area (Å²) in [6, 6.07) is 0. The van der Waals surface area contributed by atoms with Crippen molar-refractivity contribution in [2.24, 2.45) is 0 Å². The fraction of sp³-hybridized carbons (Fsp3) is 0.667. The Labute approximate surface area is 44.9 Å². The highest BCUT2D eigenvalue weighted by molar-refractivity contribution is 7.82. The van der Waals surface area contributed by atoms with Gasteiger partial charge in [-0.25, -0.2) is 4.21 Å². The quantitative estimate of drug-likeness (QED) is 0.456. The van der Waals surface area contributed by atoms with Gasteiger partial charge in [0.25, 0.3) is 0 Å². The van der Waals surface area contributed by atoms with Crippen molar-refractivity contribution < 1.29 is 9.00 Å². The third-order valence-electron chi connectivity index (χ3n) is 0.554. The first-order chi connectivity index (χ1) is 3.18. The molecule has 0 aromatic carbocycles. The SMILES string of the molecule is CN(C=O)S(C)=O. The predicted octanol–water partition coefficient (Wildman–Crippen LogP) is -0.632. The second kappa shape index (κ2) is 2.74. The molecule has 0 aromatic rings. The third kappa shape index (κ3) is 2.33. The molecule has 0 aliphatic rings. The fourth-order valence-electron chi connectivity index (χ4n) is 0.0606. The number of nitrogens with zero attached hydrogens (tertiary/aromatic N) is 1. The molecule has 0 heterocycles. The average Bonchev–Trinajstić information content (AvgIpc) is 1.65. The molecule has 0 aliphatic heterocycles. The standard InChI is InChI=1S/C3H7NO2S/c1-4(3-5)7(2)6/h3H,1-2H3. The van der Waals surface area contributed by atoms with Crippen LogP contribution in [0.15, 0.2) is 0 Å². The van der Waals surface area contributed by atoms with Crippen LogP contribution in [0.4, 0.5) is 0 Å². The van der Waals surface area contributed by atoms with Gasteiger partial charge in [-0.1, -0.05) is 0 Å². The summed E-state index contributed by atoms with van der Waals surface area (Å²) >= 11 is 0. The van der Waals surface area contributed by atoms with Crippen LogP contribution in [-0.4, -0.2) is 28.2 Å². The van der Waals surface area contributed by atoms with Gasteiger partial charge in [0.15, 0.2) is 0 Å². The van der Waals surface area contributed by atoms with Crippen molar-refractivity contribution in [3.05, 3.63) is 0 Å². The molecule has 42 valence electrons. The Balaban J connectivity index is 3.55. The van der Waals surface area contributed by atoms with Gasteiger partial charge < -0.3 is 0 Å². The molecule has 0 aromatic heterocycles. The zero-order chi connectivity index (χ0) is 5.86. The van der Waals surface area contributed by atoms with E-state index in [9.17, 15) is 9.00 Å². The van der Waals surface area contributed by atoms with Gasteiger partial charge in [0.05, 0.1) is 0 Å². The maximum atomic E-state index is 10.2. The van der Waals surface area contributed by atoms with Crippen molar-refractivity contribution >= 4 is 17.4 Å². The minimum Gasteiger partial charge on any atom is -0.278 e. The molecule has 7 heavy (non-hydrogen) atoms. The number of rotatable bonds is 2. The van der Waals surface area contributed by atoms with Gasteiger partial charge in [0.1, 0.15) is 11.0 Å². The summed E-state index contributed by atoms with van der Waals surface area (Å²) < 4.78 is 11.3. The van der Waals surface area contributed by atoms with Crippen molar-refractivity contribution in [3.63, 3.8) is 0 Å². The molecule has 0 rings (SSSR count). The van der Waals surface area contributed by atoms with Gasteiger partial charge >= 0.3 is 0 Å². The fourth-order valence-corrected chi connectivity index (χ4v) is 0.182. The van der Waals surface area contributed by atoms with Crippen molar-refractivity contribution in [3.8, 4) is 0 Å². The van der Waals surface area contributed by atoms with E-state index in [0.29, 0.717) is 6.41 Å². The maximum absolute atomic E-state index is 10.2. The largest absolute Gasteiger partial charge is 0.278 e. The predicted molar refractivity (Wildman–Crippen MR) is 27.9 cm³/mol. The highest BCUT2D eigenvalue weighted by Gasteiger charge is 1.92. The molecule has 4 heteroatoms. The van der Waals surface area contributed by atoms with Crippen LogP contribution in [-0.2, 0) is 15.8 Å². The monoisotopic (exact) mass is 121 g/mol. The Hall–Kier alpha value is -0.380. The smallest absolute Gasteiger partial charge is 0.221 e. The van der Waals surface area contributed by atoms with Crippen molar-refractivity contribution in [1.82, 2.24) is 4.31 Å². The zero-order valence-electron chi connectivity index (χ0n) is 4.25. The van der Waals surface area contributed by atoms with E-state index in [1.165, 1.54) is 13.3 Å². The molecule has 0 aliphatic carbocycles. The molecule has 0 fully saturated rings. The first-order valence-corrected chi connectivity index (χ1v) is 3.21. The molecular formula is C3H7NO2S. The van der Waals surface area contributed by atoms with E-state index in [-0.39, 0.29) is 0 Å². The molecule has 0 saturated heterocycles. The molecule has 1 amide bonds. The van der Waals surface area contributed by atoms with Crippen LogP contribution >= 0.6 is 0 Å². The first-order valence-electron chi connectivity index (χ1n) is 1.70. The summed E-state index contributed by atoms with van der Waals surface area (Å²) in [5, 5.41) is 0. The maximum Gasteiger partial charge on any atom is 0.221 e. The lowest BCUT2D eigenvalue weighted by Crippen LogP contribution is -2.16. The summed E-state index contributed by atoms with van der Waals surface area (Å²) in [5.41, 5.74) is 0. The van der Waals surface area contributed by atoms with Gasteiger partial charge in [-0.15, -0.1) is 0 Å². The minimum atomic E-state index is -1.15. The molecule has 1 atom stereocenters. The summed E-state index contributed by atoms with van der Waals surface area (Å²) in [6.07, 6.45) is 1.96. The number of hydrogen-bond donors (Lipinski definition) is 0. The van der Waals surface area contributed by atoms with E-state index >= 15 is 0 Å². The Bertz CT molecular complexity index is 92.9. The van der Waals surface area contributed by atoms with E-state index in [4.69, 9.17) is 0 Å². The van der Waals surface area contributed by atoms with Crippen LogP contribution in [0.3, 0.4) is 0 Å². The molecule has 0 spiro atoms. The van der Waals surface area contributed by atoms with Crippen LogP contribution < -0.4 is 0 Å². The molecule has 1 unspecified atom stereocenters. The van der Waals surface area contributed by atoms with Crippen LogP contribution in [0.1, 0.15) is 0 Å². The van der Waals surface area contributed by atoms with Gasteiger partial charge in [0, 0.05) is 13.3 Å². The highest BCUT2D eigenvalue weighted by atomic mass is 32.2. The van der Waals surface area contributed by atoms with Gasteiger partial charge in [-0.05, 0) is 0 Å². The molecular weight excluding hydrogens is 114 g/mol. The number of carbonyl (C=O) groups is 1. The highest BCUT2D eigenvalue weighted by Crippen LogP contribution is 1.76. The van der Waals surface area contributed by atoms with E-state index in [0.717, 1.165) is 4.31 Å². The summed E-state index contributed by atoms with van der Waals surface area (Å²) in [5.74, 6) is 0. The molecule has 0 N–H and O–H groups in total. The van der Waals surface area contributed by atoms with Crippen LogP contribution in [0.5, 0.6) is 0 Å². The Morgan fingerprint density at radius 3 is 2.14 bits per heavy atom. The second-order valence-corrected chi connectivity index (χ2v) is 2.50. The lowest BCUT2D eigenvalue weighted by Gasteiger charge is -2.01. The van der Waals surface area contributed by atoms with E-state index in [1.54, 1.807) is 0 Å². The summed E-state index contributed by atoms with van der Waals surface area (Å²) in [7, 11) is 0.316. The first kappa shape index (κ1) is 6.62. The van der Waals surface area contributed by atoms with E-state index in [2.05, 4.69) is 0 Å². The summed E-state index contributed by atoms with van der Waals surface area (Å²) in [4.78, 5) is 9.68. The van der Waals surface area contributed by atoms with Gasteiger partial charge in [-0.3, -0.25) is 9.10 Å². The molecule has 0 bridgehead atoms. The van der Waals surface area contributed by atoms with Crippen molar-refractivity contribution in [1.29, 1.82) is 0 Å². The Morgan fingerprint density at radius 2 is 2.14 bits per heavy atom. The summed E-state index contributed by atoms with van der Waals surface area (Å²) in [6.45, 7) is 0. The molecule has 3 nitrogen and oxygen atoms in total. The lowest BCUT2D eigenvalue weighted by molar-refractivity contribution is -0.113. The normalized spacial score (nSPS) is 12.9. The number of hydrogen-bond acceptors (Lipinski definition) is 2. The number of carbonyl (C=O) groups excluding carboxylic acids is 1. The Morgan fingerprint density at radius 1 is 1.71 bits per heavy atom. The zero-order valence-corrected chi connectivity index (χ0v) is 5.07. The number of amides is 1. The molecule has 0 saturated carbocycles. The van der Waals surface area contributed by atoms with Crippen LogP contribution in [0.25, 0.3) is 0 Å².